The second-order valence-corrected chi connectivity index (χ2v) is 6.57. The number of thiophene rings is 1. The maximum absolute atomic E-state index is 5.51. The maximum atomic E-state index is 5.51. The molecule has 0 spiro atoms. The third-order valence-electron chi connectivity index (χ3n) is 2.87. The minimum atomic E-state index is 0.133. The summed E-state index contributed by atoms with van der Waals surface area (Å²) in [5.74, 6) is 0.887. The van der Waals surface area contributed by atoms with E-state index in [2.05, 4.69) is 60.9 Å². The molecule has 0 aliphatic rings. The van der Waals surface area contributed by atoms with Gasteiger partial charge in [0.05, 0.1) is 13.2 Å². The van der Waals surface area contributed by atoms with Crippen LogP contribution in [-0.4, -0.2) is 13.7 Å². The van der Waals surface area contributed by atoms with E-state index in [4.69, 9.17) is 4.74 Å². The molecule has 0 bridgehead atoms. The average Bonchev–Trinajstić information content (AvgIpc) is 2.82. The Balaban J connectivity index is 2.48. The Bertz CT molecular complexity index is 556. The van der Waals surface area contributed by atoms with Gasteiger partial charge in [-0.25, -0.2) is 0 Å². The zero-order valence-electron chi connectivity index (χ0n) is 10.7. The van der Waals surface area contributed by atoms with Crippen LogP contribution < -0.4 is 10.1 Å². The Hall–Kier alpha value is -0.360. The molecule has 1 atom stereocenters. The Morgan fingerprint density at radius 3 is 2.63 bits per heavy atom. The van der Waals surface area contributed by atoms with Crippen LogP contribution in [0.1, 0.15) is 24.1 Å². The zero-order valence-corrected chi connectivity index (χ0v) is 14.7. The second kappa shape index (κ2) is 6.88. The van der Waals surface area contributed by atoms with Gasteiger partial charge in [0, 0.05) is 19.9 Å². The third kappa shape index (κ3) is 3.40. The summed E-state index contributed by atoms with van der Waals surface area (Å²) in [7, 11) is 1.71. The van der Waals surface area contributed by atoms with Crippen LogP contribution in [0.3, 0.4) is 0 Å². The van der Waals surface area contributed by atoms with Gasteiger partial charge in [0.15, 0.2) is 0 Å². The fourth-order valence-electron chi connectivity index (χ4n) is 2.01. The molecule has 5 heteroatoms. The fraction of sp³-hybridized carbons (Fsp3) is 0.286. The zero-order chi connectivity index (χ0) is 13.8. The Morgan fingerprint density at radius 1 is 1.26 bits per heavy atom. The summed E-state index contributed by atoms with van der Waals surface area (Å²) in [6.07, 6.45) is 0. The van der Waals surface area contributed by atoms with Gasteiger partial charge in [0.1, 0.15) is 5.75 Å². The van der Waals surface area contributed by atoms with Gasteiger partial charge in [0.2, 0.25) is 0 Å². The van der Waals surface area contributed by atoms with Gasteiger partial charge in [-0.15, -0.1) is 0 Å². The summed E-state index contributed by atoms with van der Waals surface area (Å²) in [4.78, 5) is 0. The molecule has 0 saturated heterocycles. The van der Waals surface area contributed by atoms with Crippen molar-refractivity contribution in [1.29, 1.82) is 0 Å². The number of benzene rings is 1. The third-order valence-corrected chi connectivity index (χ3v) is 5.11. The normalized spacial score (nSPS) is 12.4. The van der Waals surface area contributed by atoms with E-state index in [1.54, 1.807) is 18.4 Å². The molecule has 0 fully saturated rings. The maximum Gasteiger partial charge on any atom is 0.125 e. The number of nitrogens with one attached hydrogen (secondary N) is 1. The van der Waals surface area contributed by atoms with E-state index in [9.17, 15) is 0 Å². The number of hydrogen-bond acceptors (Lipinski definition) is 3. The molecule has 2 aromatic rings. The summed E-state index contributed by atoms with van der Waals surface area (Å²) >= 11 is 8.79. The van der Waals surface area contributed by atoms with Crippen LogP contribution in [0.4, 0.5) is 0 Å². The number of rotatable bonds is 5. The Kier molecular flexibility index (Phi) is 5.45. The van der Waals surface area contributed by atoms with Crippen LogP contribution in [-0.2, 0) is 0 Å². The van der Waals surface area contributed by atoms with E-state index >= 15 is 0 Å². The first kappa shape index (κ1) is 15.0. The van der Waals surface area contributed by atoms with Gasteiger partial charge >= 0.3 is 0 Å². The fourth-order valence-corrected chi connectivity index (χ4v) is 3.90. The van der Waals surface area contributed by atoms with E-state index in [0.29, 0.717) is 0 Å². The molecule has 102 valence electrons. The highest BCUT2D eigenvalue weighted by Gasteiger charge is 2.20. The van der Waals surface area contributed by atoms with Crippen molar-refractivity contribution in [3.63, 3.8) is 0 Å². The molecule has 0 radical (unpaired) electrons. The van der Waals surface area contributed by atoms with Crippen LogP contribution in [0.2, 0.25) is 0 Å². The lowest BCUT2D eigenvalue weighted by molar-refractivity contribution is 0.404. The van der Waals surface area contributed by atoms with Crippen LogP contribution in [0.5, 0.6) is 5.75 Å². The highest BCUT2D eigenvalue weighted by molar-refractivity contribution is 9.10. The monoisotopic (exact) mass is 403 g/mol. The van der Waals surface area contributed by atoms with Crippen molar-refractivity contribution in [1.82, 2.24) is 5.32 Å². The van der Waals surface area contributed by atoms with Crippen molar-refractivity contribution < 1.29 is 4.74 Å². The van der Waals surface area contributed by atoms with E-state index < -0.39 is 0 Å². The summed E-state index contributed by atoms with van der Waals surface area (Å²) in [6.45, 7) is 3.00. The highest BCUT2D eigenvalue weighted by atomic mass is 79.9. The Labute approximate surface area is 134 Å². The number of methoxy groups -OCH3 is 1. The number of ether oxygens (including phenoxy) is 1. The molecule has 19 heavy (non-hydrogen) atoms. The molecule has 1 heterocycles. The molecular weight excluding hydrogens is 390 g/mol. The smallest absolute Gasteiger partial charge is 0.125 e. The van der Waals surface area contributed by atoms with Gasteiger partial charge < -0.3 is 10.1 Å². The first-order valence-electron chi connectivity index (χ1n) is 5.95. The van der Waals surface area contributed by atoms with Gasteiger partial charge in [-0.2, -0.15) is 11.3 Å². The predicted octanol–water partition coefficient (Wildman–Crippen LogP) is 4.98. The first-order chi connectivity index (χ1) is 9.17. The average molecular weight is 405 g/mol. The second-order valence-electron chi connectivity index (χ2n) is 4.05. The number of hydrogen-bond donors (Lipinski definition) is 1. The summed E-state index contributed by atoms with van der Waals surface area (Å²) in [5.41, 5.74) is 2.39. The molecule has 1 unspecified atom stereocenters. The molecule has 0 saturated carbocycles. The lowest BCUT2D eigenvalue weighted by Crippen LogP contribution is -2.22. The largest absolute Gasteiger partial charge is 0.496 e. The van der Waals surface area contributed by atoms with Gasteiger partial charge in [-0.05, 0) is 45.6 Å². The van der Waals surface area contributed by atoms with Crippen LogP contribution in [0.25, 0.3) is 0 Å². The van der Waals surface area contributed by atoms with Crippen LogP contribution >= 0.6 is 43.2 Å². The van der Waals surface area contributed by atoms with Crippen LogP contribution in [0, 0.1) is 0 Å². The van der Waals surface area contributed by atoms with Crippen molar-refractivity contribution in [2.45, 2.75) is 13.0 Å². The van der Waals surface area contributed by atoms with Crippen molar-refractivity contribution in [3.05, 3.63) is 49.0 Å². The van der Waals surface area contributed by atoms with Gasteiger partial charge in [-0.1, -0.05) is 28.9 Å². The van der Waals surface area contributed by atoms with Crippen molar-refractivity contribution in [2.24, 2.45) is 0 Å². The SMILES string of the molecule is CCNC(c1cscc1Br)c1ccc(Br)cc1OC. The molecule has 2 rings (SSSR count). The summed E-state index contributed by atoms with van der Waals surface area (Å²) < 4.78 is 7.66. The molecule has 1 aromatic heterocycles. The molecule has 1 N–H and O–H groups in total. The topological polar surface area (TPSA) is 21.3 Å². The van der Waals surface area contributed by atoms with E-state index in [0.717, 1.165) is 26.8 Å². The van der Waals surface area contributed by atoms with Crippen molar-refractivity contribution >= 4 is 43.2 Å². The van der Waals surface area contributed by atoms with Gasteiger partial charge in [-0.3, -0.25) is 0 Å². The van der Waals surface area contributed by atoms with E-state index in [1.807, 2.05) is 12.1 Å². The first-order valence-corrected chi connectivity index (χ1v) is 8.48. The molecular formula is C14H15Br2NOS. The Morgan fingerprint density at radius 2 is 2.05 bits per heavy atom. The van der Waals surface area contributed by atoms with Crippen LogP contribution in [0.15, 0.2) is 37.9 Å². The minimum absolute atomic E-state index is 0.133. The molecule has 0 aliphatic carbocycles. The molecule has 0 amide bonds. The number of halogens is 2. The van der Waals surface area contributed by atoms with E-state index in [1.165, 1.54) is 5.56 Å². The standard InChI is InChI=1S/C14H15Br2NOS/c1-3-17-14(11-7-19-8-12(11)16)10-5-4-9(15)6-13(10)18-2/h4-8,14,17H,3H2,1-2H3. The summed E-state index contributed by atoms with van der Waals surface area (Å²) in [5, 5.41) is 7.79. The summed E-state index contributed by atoms with van der Waals surface area (Å²) in [6, 6.07) is 6.27. The lowest BCUT2D eigenvalue weighted by atomic mass is 10.0. The predicted molar refractivity (Wildman–Crippen MR) is 88.2 cm³/mol. The lowest BCUT2D eigenvalue weighted by Gasteiger charge is -2.21. The van der Waals surface area contributed by atoms with Gasteiger partial charge in [0.25, 0.3) is 0 Å². The highest BCUT2D eigenvalue weighted by Crippen LogP contribution is 2.36. The molecule has 1 aromatic carbocycles. The van der Waals surface area contributed by atoms with E-state index in [-0.39, 0.29) is 6.04 Å². The quantitative estimate of drug-likeness (QED) is 0.758. The van der Waals surface area contributed by atoms with Crippen molar-refractivity contribution in [2.75, 3.05) is 13.7 Å². The van der Waals surface area contributed by atoms with Crippen molar-refractivity contribution in [3.8, 4) is 5.75 Å². The minimum Gasteiger partial charge on any atom is -0.496 e. The molecule has 0 aliphatic heterocycles. The molecule has 2 nitrogen and oxygen atoms in total.